The Morgan fingerprint density at radius 2 is 1.88 bits per heavy atom. The van der Waals surface area contributed by atoms with Gasteiger partial charge in [-0.2, -0.15) is 0 Å². The number of para-hydroxylation sites is 1. The molecule has 1 heterocycles. The molecule has 1 aliphatic carbocycles. The number of thiophene rings is 1. The van der Waals surface area contributed by atoms with Crippen molar-refractivity contribution in [1.29, 1.82) is 0 Å². The number of ether oxygens (including phenoxy) is 1. The van der Waals surface area contributed by atoms with E-state index in [-0.39, 0.29) is 17.1 Å². The predicted molar refractivity (Wildman–Crippen MR) is 142 cm³/mol. The van der Waals surface area contributed by atoms with Crippen molar-refractivity contribution in [3.8, 4) is 5.75 Å². The zero-order valence-electron chi connectivity index (χ0n) is 19.0. The van der Waals surface area contributed by atoms with Crippen LogP contribution in [0.5, 0.6) is 5.75 Å². The van der Waals surface area contributed by atoms with Gasteiger partial charge in [-0.25, -0.2) is 0 Å². The molecule has 34 heavy (non-hydrogen) atoms. The number of fused-ring (bicyclic) bond motifs is 1. The SMILES string of the molecule is COc1ccc2c(Cl)c(C(=O)NC(=S)Nc3ccccc3C(=O)N(C)C3CCCCC3)sc2c1. The normalized spacial score (nSPS) is 14.0. The van der Waals surface area contributed by atoms with Gasteiger partial charge in [-0.1, -0.05) is 43.0 Å². The van der Waals surface area contributed by atoms with E-state index in [4.69, 9.17) is 28.6 Å². The molecule has 1 fully saturated rings. The lowest BCUT2D eigenvalue weighted by Crippen LogP contribution is -2.39. The molecule has 1 aliphatic rings. The molecule has 2 amide bonds. The Labute approximate surface area is 213 Å². The van der Waals surface area contributed by atoms with Gasteiger partial charge in [0.25, 0.3) is 11.8 Å². The topological polar surface area (TPSA) is 70.7 Å². The summed E-state index contributed by atoms with van der Waals surface area (Å²) in [6.45, 7) is 0. The van der Waals surface area contributed by atoms with Crippen LogP contribution < -0.4 is 15.4 Å². The summed E-state index contributed by atoms with van der Waals surface area (Å²) in [5, 5.41) is 6.94. The highest BCUT2D eigenvalue weighted by molar-refractivity contribution is 7.80. The molecular weight excluding hydrogens is 490 g/mol. The minimum atomic E-state index is -0.411. The van der Waals surface area contributed by atoms with E-state index in [1.165, 1.54) is 17.8 Å². The van der Waals surface area contributed by atoms with E-state index in [2.05, 4.69) is 10.6 Å². The van der Waals surface area contributed by atoms with Crippen LogP contribution >= 0.6 is 35.2 Å². The second-order valence-corrected chi connectivity index (χ2v) is 10.1. The molecule has 1 aromatic heterocycles. The average Bonchev–Trinajstić information content (AvgIpc) is 3.19. The van der Waals surface area contributed by atoms with Crippen LogP contribution in [0.15, 0.2) is 42.5 Å². The number of thiocarbonyl (C=S) groups is 1. The van der Waals surface area contributed by atoms with Crippen molar-refractivity contribution >= 4 is 67.9 Å². The monoisotopic (exact) mass is 515 g/mol. The Kier molecular flexibility index (Phi) is 7.70. The smallest absolute Gasteiger partial charge is 0.269 e. The quantitative estimate of drug-likeness (QED) is 0.402. The summed E-state index contributed by atoms with van der Waals surface area (Å²) >= 11 is 13.1. The van der Waals surface area contributed by atoms with E-state index in [0.717, 1.165) is 35.8 Å². The summed E-state index contributed by atoms with van der Waals surface area (Å²) in [7, 11) is 3.44. The predicted octanol–water partition coefficient (Wildman–Crippen LogP) is 6.09. The minimum absolute atomic E-state index is 0.0642. The van der Waals surface area contributed by atoms with Gasteiger partial charge in [-0.15, -0.1) is 11.3 Å². The summed E-state index contributed by atoms with van der Waals surface area (Å²) in [5.41, 5.74) is 1.06. The molecule has 6 nitrogen and oxygen atoms in total. The van der Waals surface area contributed by atoms with E-state index in [0.29, 0.717) is 26.9 Å². The number of halogens is 1. The van der Waals surface area contributed by atoms with E-state index in [9.17, 15) is 9.59 Å². The maximum absolute atomic E-state index is 13.2. The Bertz CT molecular complexity index is 1240. The molecule has 0 spiro atoms. The van der Waals surface area contributed by atoms with Gasteiger partial charge in [0, 0.05) is 23.2 Å². The molecule has 0 saturated heterocycles. The standard InChI is InChI=1S/C25H26ClN3O3S2/c1-29(15-8-4-3-5-9-15)24(31)17-10-6-7-11-19(17)27-25(33)28-23(30)22-21(26)18-13-12-16(32-2)14-20(18)34-22/h6-7,10-15H,3-5,8-9H2,1-2H3,(H2,27,28,30,33). The zero-order chi connectivity index (χ0) is 24.2. The van der Waals surface area contributed by atoms with Gasteiger partial charge < -0.3 is 15.0 Å². The minimum Gasteiger partial charge on any atom is -0.497 e. The van der Waals surface area contributed by atoms with Crippen molar-refractivity contribution in [3.05, 3.63) is 57.9 Å². The average molecular weight is 516 g/mol. The van der Waals surface area contributed by atoms with Gasteiger partial charge in [0.05, 0.1) is 23.4 Å². The second-order valence-electron chi connectivity index (χ2n) is 8.27. The van der Waals surface area contributed by atoms with Crippen molar-refractivity contribution in [2.75, 3.05) is 19.5 Å². The van der Waals surface area contributed by atoms with Crippen molar-refractivity contribution < 1.29 is 14.3 Å². The van der Waals surface area contributed by atoms with Crippen molar-refractivity contribution in [2.45, 2.75) is 38.1 Å². The largest absolute Gasteiger partial charge is 0.497 e. The fourth-order valence-corrected chi connectivity index (χ4v) is 5.88. The summed E-state index contributed by atoms with van der Waals surface area (Å²) in [6.07, 6.45) is 5.56. The van der Waals surface area contributed by atoms with E-state index >= 15 is 0 Å². The molecule has 2 N–H and O–H groups in total. The molecule has 3 aromatic rings. The van der Waals surface area contributed by atoms with Gasteiger partial charge in [0.1, 0.15) is 10.6 Å². The lowest BCUT2D eigenvalue weighted by molar-refractivity contribution is 0.0697. The number of carbonyl (C=O) groups is 2. The van der Waals surface area contributed by atoms with Crippen LogP contribution in [-0.4, -0.2) is 42.0 Å². The van der Waals surface area contributed by atoms with Crippen LogP contribution in [-0.2, 0) is 0 Å². The molecular formula is C25H26ClN3O3S2. The highest BCUT2D eigenvalue weighted by Crippen LogP contribution is 2.37. The molecule has 4 rings (SSSR count). The zero-order valence-corrected chi connectivity index (χ0v) is 21.4. The number of anilines is 1. The molecule has 2 aromatic carbocycles. The van der Waals surface area contributed by atoms with Crippen LogP contribution in [0.1, 0.15) is 52.1 Å². The number of nitrogens with one attached hydrogen (secondary N) is 2. The first-order chi connectivity index (χ1) is 16.4. The summed E-state index contributed by atoms with van der Waals surface area (Å²) in [5.74, 6) is 0.213. The lowest BCUT2D eigenvalue weighted by Gasteiger charge is -2.31. The highest BCUT2D eigenvalue weighted by Gasteiger charge is 2.25. The molecule has 178 valence electrons. The summed E-state index contributed by atoms with van der Waals surface area (Å²) < 4.78 is 6.09. The van der Waals surface area contributed by atoms with Crippen LogP contribution in [0.3, 0.4) is 0 Å². The molecule has 9 heteroatoms. The number of amides is 2. The number of carbonyl (C=O) groups excluding carboxylic acids is 2. The van der Waals surface area contributed by atoms with Crippen molar-refractivity contribution in [1.82, 2.24) is 10.2 Å². The Balaban J connectivity index is 1.47. The third kappa shape index (κ3) is 5.19. The van der Waals surface area contributed by atoms with Gasteiger partial charge >= 0.3 is 0 Å². The molecule has 0 radical (unpaired) electrons. The number of rotatable bonds is 5. The Morgan fingerprint density at radius 1 is 1.15 bits per heavy atom. The highest BCUT2D eigenvalue weighted by atomic mass is 35.5. The number of hydrogen-bond donors (Lipinski definition) is 2. The molecule has 0 bridgehead atoms. The van der Waals surface area contributed by atoms with Gasteiger partial charge in [-0.05, 0) is 55.4 Å². The first-order valence-corrected chi connectivity index (χ1v) is 12.7. The molecule has 1 saturated carbocycles. The third-order valence-electron chi connectivity index (χ3n) is 6.12. The number of hydrogen-bond acceptors (Lipinski definition) is 5. The Hall–Kier alpha value is -2.68. The number of benzene rings is 2. The van der Waals surface area contributed by atoms with E-state index in [1.54, 1.807) is 25.3 Å². The maximum atomic E-state index is 13.2. The van der Waals surface area contributed by atoms with Gasteiger partial charge in [0.2, 0.25) is 0 Å². The van der Waals surface area contributed by atoms with Crippen LogP contribution in [0.4, 0.5) is 5.69 Å². The fraction of sp³-hybridized carbons (Fsp3) is 0.320. The van der Waals surface area contributed by atoms with Crippen molar-refractivity contribution in [2.24, 2.45) is 0 Å². The first-order valence-electron chi connectivity index (χ1n) is 11.1. The van der Waals surface area contributed by atoms with Gasteiger partial charge in [0.15, 0.2) is 5.11 Å². The second kappa shape index (κ2) is 10.7. The van der Waals surface area contributed by atoms with E-state index in [1.807, 2.05) is 36.2 Å². The number of nitrogens with zero attached hydrogens (tertiary/aromatic N) is 1. The third-order valence-corrected chi connectivity index (χ3v) is 7.98. The van der Waals surface area contributed by atoms with Crippen LogP contribution in [0.25, 0.3) is 10.1 Å². The summed E-state index contributed by atoms with van der Waals surface area (Å²) in [6, 6.07) is 12.9. The molecule has 0 atom stereocenters. The van der Waals surface area contributed by atoms with Gasteiger partial charge in [-0.3, -0.25) is 14.9 Å². The number of methoxy groups -OCH3 is 1. The summed E-state index contributed by atoms with van der Waals surface area (Å²) in [4.78, 5) is 28.3. The van der Waals surface area contributed by atoms with Crippen molar-refractivity contribution in [3.63, 3.8) is 0 Å². The molecule has 0 unspecified atom stereocenters. The maximum Gasteiger partial charge on any atom is 0.269 e. The molecule has 0 aliphatic heterocycles. The van der Waals surface area contributed by atoms with E-state index < -0.39 is 5.91 Å². The lowest BCUT2D eigenvalue weighted by atomic mass is 9.94. The van der Waals surface area contributed by atoms with Crippen LogP contribution in [0.2, 0.25) is 5.02 Å². The fourth-order valence-electron chi connectivity index (χ4n) is 4.23. The van der Waals surface area contributed by atoms with Crippen LogP contribution in [0, 0.1) is 0 Å². The Morgan fingerprint density at radius 3 is 2.62 bits per heavy atom. The first kappa shape index (κ1) is 24.4.